The van der Waals surface area contributed by atoms with E-state index < -0.39 is 0 Å². The van der Waals surface area contributed by atoms with E-state index in [-0.39, 0.29) is 5.91 Å². The molecule has 2 N–H and O–H groups in total. The van der Waals surface area contributed by atoms with Gasteiger partial charge in [-0.3, -0.25) is 4.79 Å². The highest BCUT2D eigenvalue weighted by molar-refractivity contribution is 5.76. The number of amides is 1. The van der Waals surface area contributed by atoms with Crippen LogP contribution in [0.25, 0.3) is 0 Å². The number of hydrogen-bond donors (Lipinski definition) is 2. The van der Waals surface area contributed by atoms with E-state index >= 15 is 0 Å². The molecule has 1 saturated heterocycles. The van der Waals surface area contributed by atoms with Crippen molar-refractivity contribution in [1.29, 1.82) is 0 Å². The Morgan fingerprint density at radius 1 is 1.56 bits per heavy atom. The number of nitrogens with one attached hydrogen (secondary N) is 2. The summed E-state index contributed by atoms with van der Waals surface area (Å²) in [4.78, 5) is 11.0. The number of rotatable bonds is 3. The number of piperidine rings is 1. The second kappa shape index (κ2) is 4.61. The van der Waals surface area contributed by atoms with Gasteiger partial charge in [-0.05, 0) is 13.3 Å². The standard InChI is InChI=1S/C10H17N5O/c1-7-13-14-9(15(7)2)6-11-8-3-4-10(16)12-5-8/h8,11H,3-6H2,1-2H3,(H,12,16). The molecule has 6 nitrogen and oxygen atoms in total. The summed E-state index contributed by atoms with van der Waals surface area (Å²) >= 11 is 0. The molecule has 16 heavy (non-hydrogen) atoms. The van der Waals surface area contributed by atoms with Crippen molar-refractivity contribution in [2.75, 3.05) is 6.54 Å². The van der Waals surface area contributed by atoms with Crippen LogP contribution in [0.4, 0.5) is 0 Å². The predicted molar refractivity (Wildman–Crippen MR) is 58.6 cm³/mol. The summed E-state index contributed by atoms with van der Waals surface area (Å²) in [7, 11) is 1.95. The van der Waals surface area contributed by atoms with Crippen LogP contribution >= 0.6 is 0 Å². The lowest BCUT2D eigenvalue weighted by molar-refractivity contribution is -0.122. The first-order chi connectivity index (χ1) is 7.66. The Balaban J connectivity index is 1.83. The Morgan fingerprint density at radius 2 is 2.38 bits per heavy atom. The van der Waals surface area contributed by atoms with Gasteiger partial charge in [0.25, 0.3) is 0 Å². The van der Waals surface area contributed by atoms with E-state index in [0.717, 1.165) is 18.1 Å². The Labute approximate surface area is 94.4 Å². The van der Waals surface area contributed by atoms with Crippen LogP contribution in [0.1, 0.15) is 24.5 Å². The average Bonchev–Trinajstić information content (AvgIpc) is 2.60. The van der Waals surface area contributed by atoms with Gasteiger partial charge in [0.2, 0.25) is 5.91 Å². The molecule has 1 aliphatic heterocycles. The minimum Gasteiger partial charge on any atom is -0.355 e. The monoisotopic (exact) mass is 223 g/mol. The van der Waals surface area contributed by atoms with Gasteiger partial charge in [-0.25, -0.2) is 0 Å². The van der Waals surface area contributed by atoms with Crippen molar-refractivity contribution in [3.05, 3.63) is 11.6 Å². The van der Waals surface area contributed by atoms with Crippen molar-refractivity contribution in [3.63, 3.8) is 0 Å². The molecule has 0 radical (unpaired) electrons. The van der Waals surface area contributed by atoms with E-state index in [9.17, 15) is 4.79 Å². The maximum Gasteiger partial charge on any atom is 0.220 e. The topological polar surface area (TPSA) is 71.8 Å². The summed E-state index contributed by atoms with van der Waals surface area (Å²) in [5.41, 5.74) is 0. The van der Waals surface area contributed by atoms with Gasteiger partial charge in [0.05, 0.1) is 6.54 Å². The van der Waals surface area contributed by atoms with Gasteiger partial charge in [0, 0.05) is 26.1 Å². The minimum absolute atomic E-state index is 0.146. The van der Waals surface area contributed by atoms with Crippen LogP contribution in [0.15, 0.2) is 0 Å². The number of carbonyl (C=O) groups is 1. The van der Waals surface area contributed by atoms with Gasteiger partial charge in [-0.2, -0.15) is 0 Å². The molecular weight excluding hydrogens is 206 g/mol. The third-order valence-electron chi connectivity index (χ3n) is 3.00. The van der Waals surface area contributed by atoms with E-state index in [4.69, 9.17) is 0 Å². The molecule has 88 valence electrons. The van der Waals surface area contributed by atoms with Crippen molar-refractivity contribution in [3.8, 4) is 0 Å². The van der Waals surface area contributed by atoms with E-state index in [0.29, 0.717) is 25.6 Å². The van der Waals surface area contributed by atoms with Crippen molar-refractivity contribution < 1.29 is 4.79 Å². The number of hydrogen-bond acceptors (Lipinski definition) is 4. The van der Waals surface area contributed by atoms with Crippen LogP contribution in [-0.2, 0) is 18.4 Å². The molecule has 1 unspecified atom stereocenters. The number of carbonyl (C=O) groups excluding carboxylic acids is 1. The largest absolute Gasteiger partial charge is 0.355 e. The van der Waals surface area contributed by atoms with E-state index in [1.807, 2.05) is 18.5 Å². The summed E-state index contributed by atoms with van der Waals surface area (Å²) in [5.74, 6) is 1.98. The molecule has 2 heterocycles. The van der Waals surface area contributed by atoms with Crippen molar-refractivity contribution in [2.24, 2.45) is 7.05 Å². The summed E-state index contributed by atoms with van der Waals surface area (Å²) in [6.07, 6.45) is 1.50. The number of nitrogens with zero attached hydrogens (tertiary/aromatic N) is 3. The molecule has 1 aromatic rings. The average molecular weight is 223 g/mol. The molecule has 1 aliphatic rings. The van der Waals surface area contributed by atoms with E-state index in [1.165, 1.54) is 0 Å². The van der Waals surface area contributed by atoms with Crippen molar-refractivity contribution in [1.82, 2.24) is 25.4 Å². The molecule has 1 amide bonds. The van der Waals surface area contributed by atoms with Gasteiger partial charge >= 0.3 is 0 Å². The maximum atomic E-state index is 11.0. The van der Waals surface area contributed by atoms with Crippen LogP contribution in [0.3, 0.4) is 0 Å². The second-order valence-electron chi connectivity index (χ2n) is 4.14. The molecule has 1 aromatic heterocycles. The fourth-order valence-corrected chi connectivity index (χ4v) is 1.75. The summed E-state index contributed by atoms with van der Waals surface area (Å²) in [5, 5.41) is 14.3. The van der Waals surface area contributed by atoms with Gasteiger partial charge in [-0.1, -0.05) is 0 Å². The molecular formula is C10H17N5O. The highest BCUT2D eigenvalue weighted by Gasteiger charge is 2.17. The molecule has 0 spiro atoms. The highest BCUT2D eigenvalue weighted by atomic mass is 16.1. The van der Waals surface area contributed by atoms with Crippen LogP contribution in [0.2, 0.25) is 0 Å². The summed E-state index contributed by atoms with van der Waals surface area (Å²) in [6, 6.07) is 0.342. The van der Waals surface area contributed by atoms with Crippen LogP contribution in [0.5, 0.6) is 0 Å². The molecule has 0 aliphatic carbocycles. The first-order valence-electron chi connectivity index (χ1n) is 5.52. The number of aryl methyl sites for hydroxylation is 1. The Hall–Kier alpha value is -1.43. The first kappa shape index (κ1) is 11.1. The van der Waals surface area contributed by atoms with Crippen molar-refractivity contribution >= 4 is 5.91 Å². The Morgan fingerprint density at radius 3 is 2.94 bits per heavy atom. The molecule has 0 saturated carbocycles. The predicted octanol–water partition coefficient (Wildman–Crippen LogP) is -0.508. The molecule has 6 heteroatoms. The van der Waals surface area contributed by atoms with E-state index in [1.54, 1.807) is 0 Å². The summed E-state index contributed by atoms with van der Waals surface area (Å²) in [6.45, 7) is 3.32. The molecule has 2 rings (SSSR count). The number of aromatic nitrogens is 3. The highest BCUT2D eigenvalue weighted by Crippen LogP contribution is 2.04. The van der Waals surface area contributed by atoms with Crippen molar-refractivity contribution in [2.45, 2.75) is 32.4 Å². The fraction of sp³-hybridized carbons (Fsp3) is 0.700. The van der Waals surface area contributed by atoms with Gasteiger partial charge < -0.3 is 15.2 Å². The molecule has 0 aromatic carbocycles. The van der Waals surface area contributed by atoms with Crippen LogP contribution < -0.4 is 10.6 Å². The minimum atomic E-state index is 0.146. The van der Waals surface area contributed by atoms with Crippen LogP contribution in [0, 0.1) is 6.92 Å². The lowest BCUT2D eigenvalue weighted by atomic mass is 10.1. The maximum absolute atomic E-state index is 11.0. The third kappa shape index (κ3) is 2.38. The smallest absolute Gasteiger partial charge is 0.220 e. The normalized spacial score (nSPS) is 20.9. The molecule has 0 bridgehead atoms. The van der Waals surface area contributed by atoms with Gasteiger partial charge in [0.1, 0.15) is 11.6 Å². The zero-order valence-electron chi connectivity index (χ0n) is 9.66. The molecule has 1 atom stereocenters. The Bertz CT molecular complexity index is 377. The third-order valence-corrected chi connectivity index (χ3v) is 3.00. The summed E-state index contributed by atoms with van der Waals surface area (Å²) < 4.78 is 1.97. The SMILES string of the molecule is Cc1nnc(CNC2CCC(=O)NC2)n1C. The fourth-order valence-electron chi connectivity index (χ4n) is 1.75. The van der Waals surface area contributed by atoms with Gasteiger partial charge in [-0.15, -0.1) is 10.2 Å². The van der Waals surface area contributed by atoms with Crippen LogP contribution in [-0.4, -0.2) is 33.3 Å². The lowest BCUT2D eigenvalue weighted by Gasteiger charge is -2.23. The van der Waals surface area contributed by atoms with E-state index in [2.05, 4.69) is 20.8 Å². The Kier molecular flexibility index (Phi) is 3.19. The zero-order chi connectivity index (χ0) is 11.5. The zero-order valence-corrected chi connectivity index (χ0v) is 9.66. The second-order valence-corrected chi connectivity index (χ2v) is 4.14. The quantitative estimate of drug-likeness (QED) is 0.724. The first-order valence-corrected chi connectivity index (χ1v) is 5.52. The molecule has 1 fully saturated rings. The lowest BCUT2D eigenvalue weighted by Crippen LogP contribution is -2.45. The van der Waals surface area contributed by atoms with Gasteiger partial charge in [0.15, 0.2) is 0 Å².